The van der Waals surface area contributed by atoms with E-state index in [1.54, 1.807) is 13.8 Å². The van der Waals surface area contributed by atoms with Crippen molar-refractivity contribution in [3.05, 3.63) is 0 Å². The summed E-state index contributed by atoms with van der Waals surface area (Å²) in [5, 5.41) is 12.1. The number of aliphatic hydroxyl groups excluding tert-OH is 1. The molecular formula is C7H14N6O. The van der Waals surface area contributed by atoms with Crippen LogP contribution in [0.5, 0.6) is 0 Å². The molecule has 0 aliphatic rings. The predicted octanol–water partition coefficient (Wildman–Crippen LogP) is -0.783. The summed E-state index contributed by atoms with van der Waals surface area (Å²) in [7, 11) is 0. The third kappa shape index (κ3) is 2.70. The molecule has 0 bridgehead atoms. The zero-order chi connectivity index (χ0) is 10.7. The topological polar surface area (TPSA) is 123 Å². The summed E-state index contributed by atoms with van der Waals surface area (Å²) in [6.07, 6.45) is -0.519. The van der Waals surface area contributed by atoms with E-state index in [-0.39, 0.29) is 23.9 Å². The molecule has 6 N–H and O–H groups in total. The molecule has 1 heterocycles. The molecule has 0 saturated carbocycles. The van der Waals surface area contributed by atoms with E-state index >= 15 is 0 Å². The maximum absolute atomic E-state index is 9.22. The van der Waals surface area contributed by atoms with Crippen molar-refractivity contribution >= 4 is 17.8 Å². The Bertz CT molecular complexity index is 295. The highest BCUT2D eigenvalue weighted by Gasteiger charge is 2.10. The summed E-state index contributed by atoms with van der Waals surface area (Å²) in [6, 6.07) is -0.184. The van der Waals surface area contributed by atoms with Crippen LogP contribution in [-0.4, -0.2) is 32.2 Å². The maximum Gasteiger partial charge on any atom is 0.229 e. The fourth-order valence-electron chi connectivity index (χ4n) is 0.798. The van der Waals surface area contributed by atoms with Gasteiger partial charge in [0.1, 0.15) is 0 Å². The molecule has 78 valence electrons. The van der Waals surface area contributed by atoms with E-state index in [1.807, 2.05) is 0 Å². The number of aliphatic hydroxyl groups is 1. The molecular weight excluding hydrogens is 184 g/mol. The number of nitrogens with zero attached hydrogens (tertiary/aromatic N) is 3. The van der Waals surface area contributed by atoms with Gasteiger partial charge in [-0.2, -0.15) is 15.0 Å². The lowest BCUT2D eigenvalue weighted by atomic mass is 10.2. The molecule has 14 heavy (non-hydrogen) atoms. The van der Waals surface area contributed by atoms with Crippen LogP contribution in [0.3, 0.4) is 0 Å². The Morgan fingerprint density at radius 1 is 1.14 bits per heavy atom. The molecule has 0 saturated heterocycles. The van der Waals surface area contributed by atoms with Crippen molar-refractivity contribution < 1.29 is 5.11 Å². The second-order valence-corrected chi connectivity index (χ2v) is 3.05. The van der Waals surface area contributed by atoms with Gasteiger partial charge in [0.05, 0.1) is 12.1 Å². The molecule has 1 aromatic rings. The lowest BCUT2D eigenvalue weighted by Crippen LogP contribution is -2.29. The van der Waals surface area contributed by atoms with Crippen molar-refractivity contribution in [2.75, 3.05) is 16.8 Å². The van der Waals surface area contributed by atoms with Crippen molar-refractivity contribution in [2.45, 2.75) is 26.0 Å². The molecule has 1 aromatic heterocycles. The van der Waals surface area contributed by atoms with E-state index in [0.29, 0.717) is 0 Å². The monoisotopic (exact) mass is 198 g/mol. The molecule has 1 rings (SSSR count). The van der Waals surface area contributed by atoms with Gasteiger partial charge in [0.15, 0.2) is 0 Å². The van der Waals surface area contributed by atoms with Crippen LogP contribution in [0, 0.1) is 0 Å². The zero-order valence-corrected chi connectivity index (χ0v) is 8.10. The van der Waals surface area contributed by atoms with Gasteiger partial charge >= 0.3 is 0 Å². The Balaban J connectivity index is 2.76. The van der Waals surface area contributed by atoms with E-state index in [0.717, 1.165) is 0 Å². The average Bonchev–Trinajstić information content (AvgIpc) is 2.01. The third-order valence-corrected chi connectivity index (χ3v) is 1.75. The number of hydrogen-bond donors (Lipinski definition) is 4. The molecule has 2 unspecified atom stereocenters. The van der Waals surface area contributed by atoms with Crippen LogP contribution in [0.1, 0.15) is 13.8 Å². The smallest absolute Gasteiger partial charge is 0.229 e. The molecule has 0 aliphatic heterocycles. The van der Waals surface area contributed by atoms with Crippen molar-refractivity contribution in [2.24, 2.45) is 0 Å². The molecule has 0 spiro atoms. The van der Waals surface area contributed by atoms with Crippen LogP contribution in [0.4, 0.5) is 17.8 Å². The Kier molecular flexibility index (Phi) is 3.03. The summed E-state index contributed by atoms with van der Waals surface area (Å²) in [4.78, 5) is 11.2. The average molecular weight is 198 g/mol. The van der Waals surface area contributed by atoms with Gasteiger partial charge in [-0.15, -0.1) is 0 Å². The first kappa shape index (κ1) is 10.5. The van der Waals surface area contributed by atoms with Gasteiger partial charge in [0.2, 0.25) is 17.8 Å². The van der Waals surface area contributed by atoms with E-state index in [2.05, 4.69) is 20.3 Å². The SMILES string of the molecule is CC(O)C(C)Nc1nc(N)nc(N)n1. The first-order valence-corrected chi connectivity index (χ1v) is 4.20. The number of rotatable bonds is 3. The number of nitrogen functional groups attached to an aromatic ring is 2. The number of aromatic nitrogens is 3. The molecule has 0 aromatic carbocycles. The number of nitrogens with two attached hydrogens (primary N) is 2. The van der Waals surface area contributed by atoms with E-state index in [4.69, 9.17) is 11.5 Å². The van der Waals surface area contributed by atoms with Gasteiger partial charge in [-0.1, -0.05) is 0 Å². The predicted molar refractivity (Wildman–Crippen MR) is 53.4 cm³/mol. The minimum Gasteiger partial charge on any atom is -0.391 e. The zero-order valence-electron chi connectivity index (χ0n) is 8.10. The van der Waals surface area contributed by atoms with Crippen molar-refractivity contribution in [3.8, 4) is 0 Å². The first-order valence-electron chi connectivity index (χ1n) is 4.20. The lowest BCUT2D eigenvalue weighted by molar-refractivity contribution is 0.177. The van der Waals surface area contributed by atoms with Crippen LogP contribution in [0.25, 0.3) is 0 Å². The van der Waals surface area contributed by atoms with Gasteiger partial charge in [-0.3, -0.25) is 0 Å². The first-order chi connectivity index (χ1) is 6.49. The molecule has 0 fully saturated rings. The molecule has 7 heteroatoms. The summed E-state index contributed by atoms with van der Waals surface area (Å²) < 4.78 is 0. The molecule has 2 atom stereocenters. The van der Waals surface area contributed by atoms with E-state index in [9.17, 15) is 5.11 Å². The Morgan fingerprint density at radius 2 is 1.64 bits per heavy atom. The van der Waals surface area contributed by atoms with E-state index in [1.165, 1.54) is 0 Å². The minimum absolute atomic E-state index is 0.0535. The number of nitrogens with one attached hydrogen (secondary N) is 1. The minimum atomic E-state index is -0.519. The van der Waals surface area contributed by atoms with Crippen molar-refractivity contribution in [1.29, 1.82) is 0 Å². The van der Waals surface area contributed by atoms with Crippen molar-refractivity contribution in [1.82, 2.24) is 15.0 Å². The van der Waals surface area contributed by atoms with Crippen LogP contribution in [-0.2, 0) is 0 Å². The van der Waals surface area contributed by atoms with Crippen LogP contribution in [0.15, 0.2) is 0 Å². The normalized spacial score (nSPS) is 14.8. The molecule has 0 aliphatic carbocycles. The second kappa shape index (κ2) is 4.05. The summed E-state index contributed by atoms with van der Waals surface area (Å²) in [6.45, 7) is 3.45. The lowest BCUT2D eigenvalue weighted by Gasteiger charge is -2.16. The Labute approximate surface area is 81.6 Å². The summed E-state index contributed by atoms with van der Waals surface area (Å²) in [5.74, 6) is 0.374. The van der Waals surface area contributed by atoms with Gasteiger partial charge in [0, 0.05) is 0 Å². The quantitative estimate of drug-likeness (QED) is 0.502. The van der Waals surface area contributed by atoms with Crippen LogP contribution in [0.2, 0.25) is 0 Å². The molecule has 0 amide bonds. The van der Waals surface area contributed by atoms with Gasteiger partial charge in [-0.05, 0) is 13.8 Å². The standard InChI is InChI=1S/C7H14N6O/c1-3(4(2)14)10-7-12-5(8)11-6(9)13-7/h3-4,14H,1-2H3,(H5,8,9,10,11,12,13). The van der Waals surface area contributed by atoms with Gasteiger partial charge in [-0.25, -0.2) is 0 Å². The number of anilines is 3. The van der Waals surface area contributed by atoms with Gasteiger partial charge in [0.25, 0.3) is 0 Å². The highest BCUT2D eigenvalue weighted by atomic mass is 16.3. The van der Waals surface area contributed by atoms with Crippen molar-refractivity contribution in [3.63, 3.8) is 0 Å². The summed E-state index contributed by atoms with van der Waals surface area (Å²) >= 11 is 0. The number of hydrogen-bond acceptors (Lipinski definition) is 7. The molecule has 7 nitrogen and oxygen atoms in total. The Hall–Kier alpha value is -1.63. The highest BCUT2D eigenvalue weighted by Crippen LogP contribution is 2.06. The van der Waals surface area contributed by atoms with Gasteiger partial charge < -0.3 is 21.9 Å². The Morgan fingerprint density at radius 3 is 2.07 bits per heavy atom. The third-order valence-electron chi connectivity index (χ3n) is 1.75. The molecule has 0 radical (unpaired) electrons. The van der Waals surface area contributed by atoms with Crippen LogP contribution >= 0.6 is 0 Å². The van der Waals surface area contributed by atoms with E-state index < -0.39 is 6.10 Å². The van der Waals surface area contributed by atoms with Crippen LogP contribution < -0.4 is 16.8 Å². The second-order valence-electron chi connectivity index (χ2n) is 3.05. The summed E-state index contributed by atoms with van der Waals surface area (Å²) in [5.41, 5.74) is 10.7. The largest absolute Gasteiger partial charge is 0.391 e. The highest BCUT2D eigenvalue weighted by molar-refractivity contribution is 5.37. The fourth-order valence-corrected chi connectivity index (χ4v) is 0.798. The maximum atomic E-state index is 9.22. The fraction of sp³-hybridized carbons (Fsp3) is 0.571.